The number of aromatic nitrogens is 2. The van der Waals surface area contributed by atoms with E-state index in [0.29, 0.717) is 23.5 Å². The number of carbonyl (C=O) groups excluding carboxylic acids is 1. The molecule has 8 heteroatoms. The molecular formula is C16H20N4O3S. The van der Waals surface area contributed by atoms with Crippen LogP contribution in [0.5, 0.6) is 0 Å². The Kier molecular flexibility index (Phi) is 5.86. The highest BCUT2D eigenvalue weighted by atomic mass is 32.2. The summed E-state index contributed by atoms with van der Waals surface area (Å²) < 4.78 is 26.0. The van der Waals surface area contributed by atoms with Crippen molar-refractivity contribution in [3.8, 4) is 0 Å². The third-order valence-corrected chi connectivity index (χ3v) is 4.58. The van der Waals surface area contributed by atoms with Gasteiger partial charge in [-0.2, -0.15) is 0 Å². The van der Waals surface area contributed by atoms with Crippen LogP contribution in [0, 0.1) is 0 Å². The van der Waals surface area contributed by atoms with E-state index in [9.17, 15) is 13.2 Å². The van der Waals surface area contributed by atoms with Crippen LogP contribution in [-0.4, -0.2) is 30.2 Å². The number of Topliss-reactive ketones (excluding diaryl/α,β-unsaturated/α-hetero) is 1. The number of unbranched alkanes of at least 4 members (excludes halogenated alkanes) is 1. The molecule has 0 radical (unpaired) electrons. The molecule has 0 saturated heterocycles. The number of hydrogen-bond donors (Lipinski definition) is 2. The van der Waals surface area contributed by atoms with E-state index in [2.05, 4.69) is 20.2 Å². The largest absolute Gasteiger partial charge is 0.339 e. The van der Waals surface area contributed by atoms with Gasteiger partial charge in [0.25, 0.3) is 0 Å². The number of carbonyl (C=O) groups is 1. The number of benzene rings is 1. The van der Waals surface area contributed by atoms with Gasteiger partial charge in [0.1, 0.15) is 0 Å². The second-order valence-corrected chi connectivity index (χ2v) is 7.18. The first-order chi connectivity index (χ1) is 11.4. The summed E-state index contributed by atoms with van der Waals surface area (Å²) >= 11 is 0. The van der Waals surface area contributed by atoms with Gasteiger partial charge in [-0.3, -0.25) is 9.52 Å². The zero-order valence-electron chi connectivity index (χ0n) is 13.6. The normalized spacial score (nSPS) is 11.1. The summed E-state index contributed by atoms with van der Waals surface area (Å²) in [6, 6.07) is 10.2. The first-order valence-corrected chi connectivity index (χ1v) is 9.27. The molecule has 24 heavy (non-hydrogen) atoms. The van der Waals surface area contributed by atoms with Gasteiger partial charge in [-0.25, -0.2) is 8.42 Å². The van der Waals surface area contributed by atoms with E-state index in [4.69, 9.17) is 0 Å². The Balaban J connectivity index is 2.04. The number of nitrogens with one attached hydrogen (secondary N) is 2. The molecule has 128 valence electrons. The molecular weight excluding hydrogens is 328 g/mol. The van der Waals surface area contributed by atoms with Crippen LogP contribution in [0.3, 0.4) is 0 Å². The van der Waals surface area contributed by atoms with Crippen molar-refractivity contribution in [2.75, 3.05) is 15.8 Å². The van der Waals surface area contributed by atoms with Crippen LogP contribution in [0.25, 0.3) is 0 Å². The maximum absolute atomic E-state index is 11.8. The fourth-order valence-electron chi connectivity index (χ4n) is 1.96. The van der Waals surface area contributed by atoms with Gasteiger partial charge in [0.2, 0.25) is 10.0 Å². The lowest BCUT2D eigenvalue weighted by atomic mass is 10.1. The fourth-order valence-corrected chi connectivity index (χ4v) is 3.16. The van der Waals surface area contributed by atoms with Gasteiger partial charge in [-0.05, 0) is 37.6 Å². The minimum Gasteiger partial charge on any atom is -0.339 e. The van der Waals surface area contributed by atoms with Gasteiger partial charge in [-0.15, -0.1) is 10.2 Å². The van der Waals surface area contributed by atoms with Gasteiger partial charge >= 0.3 is 0 Å². The Bertz CT molecular complexity index is 804. The highest BCUT2D eigenvalue weighted by Gasteiger charge is 2.10. The number of anilines is 3. The van der Waals surface area contributed by atoms with Crippen molar-refractivity contribution < 1.29 is 13.2 Å². The second kappa shape index (κ2) is 7.87. The molecule has 0 fully saturated rings. The third kappa shape index (κ3) is 5.31. The van der Waals surface area contributed by atoms with Gasteiger partial charge in [0.15, 0.2) is 17.4 Å². The lowest BCUT2D eigenvalue weighted by Gasteiger charge is -2.08. The Morgan fingerprint density at radius 2 is 1.83 bits per heavy atom. The second-order valence-electron chi connectivity index (χ2n) is 5.34. The van der Waals surface area contributed by atoms with Crippen LogP contribution >= 0.6 is 0 Å². The van der Waals surface area contributed by atoms with Crippen LogP contribution in [0.2, 0.25) is 0 Å². The summed E-state index contributed by atoms with van der Waals surface area (Å²) in [6.07, 6.45) is 1.39. The lowest BCUT2D eigenvalue weighted by molar-refractivity contribution is 0.101. The summed E-state index contributed by atoms with van der Waals surface area (Å²) in [5.74, 6) is 0.658. The minimum atomic E-state index is -3.39. The molecule has 2 aromatic rings. The number of nitrogens with zero attached hydrogens (tertiary/aromatic N) is 2. The van der Waals surface area contributed by atoms with E-state index < -0.39 is 10.0 Å². The molecule has 1 heterocycles. The maximum Gasteiger partial charge on any atom is 0.233 e. The molecule has 0 amide bonds. The van der Waals surface area contributed by atoms with Crippen molar-refractivity contribution in [3.05, 3.63) is 42.0 Å². The molecule has 0 atom stereocenters. The van der Waals surface area contributed by atoms with Gasteiger partial charge in [0.05, 0.1) is 5.75 Å². The molecule has 2 N–H and O–H groups in total. The predicted octanol–water partition coefficient (Wildman–Crippen LogP) is 2.96. The van der Waals surface area contributed by atoms with Crippen molar-refractivity contribution in [2.45, 2.75) is 26.7 Å². The number of sulfonamides is 1. The highest BCUT2D eigenvalue weighted by Crippen LogP contribution is 2.17. The highest BCUT2D eigenvalue weighted by molar-refractivity contribution is 7.92. The SMILES string of the molecule is CCCCS(=O)(=O)Nc1ccc(Nc2cccc(C(C)=O)c2)nn1. The first-order valence-electron chi connectivity index (χ1n) is 7.62. The van der Waals surface area contributed by atoms with Crippen LogP contribution in [-0.2, 0) is 10.0 Å². The number of ketones is 1. The zero-order valence-corrected chi connectivity index (χ0v) is 14.4. The third-order valence-electron chi connectivity index (χ3n) is 3.23. The molecule has 1 aromatic carbocycles. The Hall–Kier alpha value is -2.48. The summed E-state index contributed by atoms with van der Waals surface area (Å²) in [5, 5.41) is 10.8. The average Bonchev–Trinajstić information content (AvgIpc) is 2.55. The molecule has 7 nitrogen and oxygen atoms in total. The van der Waals surface area contributed by atoms with E-state index >= 15 is 0 Å². The molecule has 0 unspecified atom stereocenters. The van der Waals surface area contributed by atoms with Crippen LogP contribution in [0.4, 0.5) is 17.3 Å². The van der Waals surface area contributed by atoms with Crippen LogP contribution in [0.1, 0.15) is 37.0 Å². The van der Waals surface area contributed by atoms with E-state index in [1.165, 1.54) is 13.0 Å². The minimum absolute atomic E-state index is 0.0263. The van der Waals surface area contributed by atoms with Crippen molar-refractivity contribution >= 4 is 33.1 Å². The van der Waals surface area contributed by atoms with E-state index in [0.717, 1.165) is 6.42 Å². The smallest absolute Gasteiger partial charge is 0.233 e. The Labute approximate surface area is 141 Å². The zero-order chi connectivity index (χ0) is 17.6. The number of hydrogen-bond acceptors (Lipinski definition) is 6. The summed E-state index contributed by atoms with van der Waals surface area (Å²) in [5.41, 5.74) is 1.29. The molecule has 0 aliphatic heterocycles. The van der Waals surface area contributed by atoms with Gasteiger partial charge in [0, 0.05) is 11.3 Å². The number of rotatable bonds is 8. The molecule has 0 aliphatic carbocycles. The van der Waals surface area contributed by atoms with Crippen molar-refractivity contribution in [1.29, 1.82) is 0 Å². The summed E-state index contributed by atoms with van der Waals surface area (Å²) in [6.45, 7) is 3.43. The quantitative estimate of drug-likeness (QED) is 0.711. The van der Waals surface area contributed by atoms with Crippen molar-refractivity contribution in [2.24, 2.45) is 0 Å². The van der Waals surface area contributed by atoms with E-state index in [1.54, 1.807) is 30.3 Å². The topological polar surface area (TPSA) is 101 Å². The summed E-state index contributed by atoms with van der Waals surface area (Å²) in [4.78, 5) is 11.4. The first kappa shape index (κ1) is 17.9. The average molecular weight is 348 g/mol. The van der Waals surface area contributed by atoms with Crippen LogP contribution < -0.4 is 10.0 Å². The van der Waals surface area contributed by atoms with Crippen LogP contribution in [0.15, 0.2) is 36.4 Å². The van der Waals surface area contributed by atoms with Crippen molar-refractivity contribution in [1.82, 2.24) is 10.2 Å². The standard InChI is InChI=1S/C16H20N4O3S/c1-3-4-10-24(22,23)20-16-9-8-15(18-19-16)17-14-7-5-6-13(11-14)12(2)21/h5-9,11H,3-4,10H2,1-2H3,(H,17,18)(H,19,20). The van der Waals surface area contributed by atoms with Gasteiger partial charge < -0.3 is 5.32 Å². The lowest BCUT2D eigenvalue weighted by Crippen LogP contribution is -2.17. The predicted molar refractivity (Wildman–Crippen MR) is 94.1 cm³/mol. The Morgan fingerprint density at radius 3 is 2.46 bits per heavy atom. The molecule has 2 rings (SSSR count). The molecule has 0 saturated carbocycles. The van der Waals surface area contributed by atoms with Crippen molar-refractivity contribution in [3.63, 3.8) is 0 Å². The van der Waals surface area contributed by atoms with E-state index in [1.807, 2.05) is 6.92 Å². The van der Waals surface area contributed by atoms with Gasteiger partial charge in [-0.1, -0.05) is 25.5 Å². The molecule has 0 spiro atoms. The van der Waals surface area contributed by atoms with E-state index in [-0.39, 0.29) is 17.4 Å². The summed E-state index contributed by atoms with van der Waals surface area (Å²) in [7, 11) is -3.39. The monoisotopic (exact) mass is 348 g/mol. The Morgan fingerprint density at radius 1 is 1.12 bits per heavy atom. The molecule has 0 bridgehead atoms. The molecule has 1 aromatic heterocycles. The molecule has 0 aliphatic rings. The maximum atomic E-state index is 11.8. The fraction of sp³-hybridized carbons (Fsp3) is 0.312.